The van der Waals surface area contributed by atoms with E-state index in [9.17, 15) is 40.5 Å². The SMILES string of the molecule is O=[N+]([O-])c1cc(CBr)cc([N+](=O)[O-])c1.O=[N+]([O-])c1cc(COCCOCCOCCOCCO)cc([N+](=O)[O-])c1.OCCOCCOCCOCCO. The molecule has 0 atom stereocenters. The highest BCUT2D eigenvalue weighted by molar-refractivity contribution is 9.08. The highest BCUT2D eigenvalue weighted by Crippen LogP contribution is 2.24. The standard InChI is InChI=1S/C15H22N2O9.C8H18O5.C7H5BrN2O4/c18-1-2-23-3-4-24-5-6-25-7-8-26-12-13-9-14(16(19)20)11-15(10-13)17(21)22;9-1-3-11-5-7-13-8-6-12-4-2-10;8-4-5-1-6(9(11)12)3-7(2-5)10(13)14/h9-11,18H,1-8,12H2;9-10H,1-8H2;1-3H,4H2. The second-order valence-electron chi connectivity index (χ2n) is 9.78. The lowest BCUT2D eigenvalue weighted by Crippen LogP contribution is -2.12. The predicted molar refractivity (Wildman–Crippen MR) is 188 cm³/mol. The monoisotopic (exact) mass is 828 g/mol. The highest BCUT2D eigenvalue weighted by Gasteiger charge is 2.17. The molecule has 0 aliphatic heterocycles. The van der Waals surface area contributed by atoms with Crippen molar-refractivity contribution in [3.8, 4) is 0 Å². The summed E-state index contributed by atoms with van der Waals surface area (Å²) in [4.78, 5) is 39.7. The van der Waals surface area contributed by atoms with Crippen molar-refractivity contribution < 1.29 is 68.2 Å². The largest absolute Gasteiger partial charge is 0.394 e. The smallest absolute Gasteiger partial charge is 0.276 e. The Morgan fingerprint density at radius 3 is 0.906 bits per heavy atom. The van der Waals surface area contributed by atoms with Crippen LogP contribution >= 0.6 is 15.9 Å². The van der Waals surface area contributed by atoms with Gasteiger partial charge in [0, 0.05) is 29.6 Å². The van der Waals surface area contributed by atoms with Crippen LogP contribution in [0.2, 0.25) is 0 Å². The minimum atomic E-state index is -0.686. The number of aliphatic hydroxyl groups excluding tert-OH is 3. The molecule has 2 aromatic carbocycles. The Kier molecular flexibility index (Phi) is 30.3. The third-order valence-corrected chi connectivity index (χ3v) is 6.41. The van der Waals surface area contributed by atoms with Gasteiger partial charge in [-0.1, -0.05) is 15.9 Å². The third-order valence-electron chi connectivity index (χ3n) is 5.76. The quantitative estimate of drug-likeness (QED) is 0.0480. The average Bonchev–Trinajstić information content (AvgIpc) is 3.14. The van der Waals surface area contributed by atoms with Gasteiger partial charge in [-0.2, -0.15) is 0 Å². The molecule has 0 aliphatic rings. The zero-order chi connectivity index (χ0) is 39.7. The van der Waals surface area contributed by atoms with Crippen LogP contribution in [0, 0.1) is 40.5 Å². The maximum Gasteiger partial charge on any atom is 0.276 e. The maximum absolute atomic E-state index is 10.8. The molecule has 53 heavy (non-hydrogen) atoms. The molecule has 0 aliphatic carbocycles. The van der Waals surface area contributed by atoms with E-state index in [1.165, 1.54) is 24.3 Å². The van der Waals surface area contributed by atoms with Crippen LogP contribution in [0.5, 0.6) is 0 Å². The second-order valence-corrected chi connectivity index (χ2v) is 10.3. The lowest BCUT2D eigenvalue weighted by atomic mass is 10.2. The third kappa shape index (κ3) is 26.5. The molecule has 0 fully saturated rings. The van der Waals surface area contributed by atoms with Crippen LogP contribution in [-0.2, 0) is 45.1 Å². The molecule has 0 saturated heterocycles. The van der Waals surface area contributed by atoms with E-state index in [1.54, 1.807) is 0 Å². The van der Waals surface area contributed by atoms with E-state index in [0.29, 0.717) is 89.1 Å². The van der Waals surface area contributed by atoms with Gasteiger partial charge in [0.25, 0.3) is 22.7 Å². The first-order valence-corrected chi connectivity index (χ1v) is 16.9. The van der Waals surface area contributed by atoms with E-state index in [0.717, 1.165) is 12.1 Å². The minimum absolute atomic E-state index is 0.00454. The van der Waals surface area contributed by atoms with Crippen LogP contribution in [0.3, 0.4) is 0 Å². The number of benzene rings is 2. The van der Waals surface area contributed by atoms with Crippen molar-refractivity contribution in [2.45, 2.75) is 11.9 Å². The fraction of sp³-hybridized carbons (Fsp3) is 0.600. The Morgan fingerprint density at radius 1 is 0.415 bits per heavy atom. The number of hydrogen-bond acceptors (Lipinski definition) is 18. The summed E-state index contributed by atoms with van der Waals surface area (Å²) in [6.07, 6.45) is 0. The van der Waals surface area contributed by atoms with Crippen molar-refractivity contribution in [3.63, 3.8) is 0 Å². The van der Waals surface area contributed by atoms with Crippen LogP contribution in [0.15, 0.2) is 36.4 Å². The molecule has 3 N–H and O–H groups in total. The first-order chi connectivity index (χ1) is 25.5. The van der Waals surface area contributed by atoms with Crippen LogP contribution in [0.1, 0.15) is 11.1 Å². The molecule has 0 heterocycles. The summed E-state index contributed by atoms with van der Waals surface area (Å²) in [6.45, 7) is 5.12. The molecule has 0 unspecified atom stereocenters. The first-order valence-electron chi connectivity index (χ1n) is 15.8. The molecule has 2 rings (SSSR count). The number of non-ortho nitro benzene ring substituents is 4. The second kappa shape index (κ2) is 32.7. The van der Waals surface area contributed by atoms with Gasteiger partial charge in [0.2, 0.25) is 0 Å². The Morgan fingerprint density at radius 2 is 0.660 bits per heavy atom. The topological polar surface area (TPSA) is 298 Å². The number of nitro groups is 4. The molecule has 22 nitrogen and oxygen atoms in total. The molecule has 0 radical (unpaired) electrons. The van der Waals surface area contributed by atoms with Crippen molar-refractivity contribution in [3.05, 3.63) is 88.0 Å². The first kappa shape index (κ1) is 49.1. The summed E-state index contributed by atoms with van der Waals surface area (Å²) >= 11 is 3.08. The minimum Gasteiger partial charge on any atom is -0.394 e. The lowest BCUT2D eigenvalue weighted by Gasteiger charge is -2.07. The van der Waals surface area contributed by atoms with E-state index < -0.39 is 19.7 Å². The van der Waals surface area contributed by atoms with Gasteiger partial charge in [-0.15, -0.1) is 0 Å². The summed E-state index contributed by atoms with van der Waals surface area (Å²) in [5.74, 6) is 0. The molecule has 300 valence electrons. The Hall–Kier alpha value is -3.88. The molecule has 23 heteroatoms. The number of hydrogen-bond donors (Lipinski definition) is 3. The molecule has 0 amide bonds. The molecule has 0 spiro atoms. The van der Waals surface area contributed by atoms with Gasteiger partial charge in [-0.05, 0) is 11.1 Å². The average molecular weight is 830 g/mol. The molecular formula is C30H45BrN4O18. The molecule has 0 bridgehead atoms. The molecular weight excluding hydrogens is 784 g/mol. The van der Waals surface area contributed by atoms with E-state index in [1.807, 2.05) is 0 Å². The van der Waals surface area contributed by atoms with Crippen LogP contribution < -0.4 is 0 Å². The van der Waals surface area contributed by atoms with Crippen LogP contribution in [0.25, 0.3) is 0 Å². The van der Waals surface area contributed by atoms with Crippen molar-refractivity contribution in [1.29, 1.82) is 0 Å². The predicted octanol–water partition coefficient (Wildman–Crippen LogP) is 2.48. The van der Waals surface area contributed by atoms with Crippen molar-refractivity contribution in [2.24, 2.45) is 0 Å². The Labute approximate surface area is 312 Å². The van der Waals surface area contributed by atoms with Crippen molar-refractivity contribution >= 4 is 38.7 Å². The summed E-state index contributed by atoms with van der Waals surface area (Å²) in [5, 5.41) is 68.0. The van der Waals surface area contributed by atoms with Crippen molar-refractivity contribution in [1.82, 2.24) is 0 Å². The van der Waals surface area contributed by atoms with Gasteiger partial charge in [0.15, 0.2) is 0 Å². The van der Waals surface area contributed by atoms with Gasteiger partial charge in [0.05, 0.1) is 144 Å². The Balaban J connectivity index is 0.000000843. The van der Waals surface area contributed by atoms with Gasteiger partial charge in [-0.25, -0.2) is 0 Å². The number of nitrogens with zero attached hydrogens (tertiary/aromatic N) is 4. The van der Waals surface area contributed by atoms with Gasteiger partial charge in [-0.3, -0.25) is 40.5 Å². The summed E-state index contributed by atoms with van der Waals surface area (Å²) in [6, 6.07) is 6.90. The normalized spacial score (nSPS) is 10.5. The molecule has 2 aromatic rings. The zero-order valence-electron chi connectivity index (χ0n) is 28.8. The van der Waals surface area contributed by atoms with Gasteiger partial charge >= 0.3 is 0 Å². The fourth-order valence-electron chi connectivity index (χ4n) is 3.48. The van der Waals surface area contributed by atoms with E-state index >= 15 is 0 Å². The molecule has 0 aromatic heterocycles. The highest BCUT2D eigenvalue weighted by atomic mass is 79.9. The summed E-state index contributed by atoms with van der Waals surface area (Å²) < 4.78 is 35.8. The van der Waals surface area contributed by atoms with Gasteiger partial charge < -0.3 is 48.5 Å². The number of aliphatic hydroxyl groups is 3. The summed E-state index contributed by atoms with van der Waals surface area (Å²) in [5.41, 5.74) is -0.395. The lowest BCUT2D eigenvalue weighted by molar-refractivity contribution is -0.394. The van der Waals surface area contributed by atoms with Crippen LogP contribution in [-0.4, -0.2) is 141 Å². The van der Waals surface area contributed by atoms with E-state index in [2.05, 4.69) is 15.9 Å². The number of halogens is 1. The van der Waals surface area contributed by atoms with E-state index in [-0.39, 0.29) is 62.4 Å². The number of alkyl halides is 1. The number of nitro benzene ring substituents is 4. The number of rotatable bonds is 28. The van der Waals surface area contributed by atoms with Crippen molar-refractivity contribution in [2.75, 3.05) is 106 Å². The van der Waals surface area contributed by atoms with Gasteiger partial charge in [0.1, 0.15) is 0 Å². The maximum atomic E-state index is 10.8. The van der Waals surface area contributed by atoms with Crippen LogP contribution in [0.4, 0.5) is 22.7 Å². The van der Waals surface area contributed by atoms with E-state index in [4.69, 9.17) is 48.5 Å². The Bertz CT molecular complexity index is 1250. The number of ether oxygens (including phenoxy) is 7. The summed E-state index contributed by atoms with van der Waals surface area (Å²) in [7, 11) is 0. The zero-order valence-corrected chi connectivity index (χ0v) is 30.4. The fourth-order valence-corrected chi connectivity index (χ4v) is 3.80. The molecule has 0 saturated carbocycles.